The minimum Gasteiger partial charge on any atom is -0.240 e. The molecule has 0 aliphatic rings. The summed E-state index contributed by atoms with van der Waals surface area (Å²) in [5, 5.41) is 12.9. The van der Waals surface area contributed by atoms with Gasteiger partial charge in [-0.1, -0.05) is 42.5 Å². The van der Waals surface area contributed by atoms with E-state index in [1.165, 1.54) is 5.56 Å². The molecule has 0 radical (unpaired) electrons. The van der Waals surface area contributed by atoms with Gasteiger partial charge in [0.1, 0.15) is 6.07 Å². The summed E-state index contributed by atoms with van der Waals surface area (Å²) >= 11 is 0. The van der Waals surface area contributed by atoms with E-state index in [-0.39, 0.29) is 0 Å². The highest BCUT2D eigenvalue weighted by atomic mass is 15.3. The molecule has 3 heteroatoms. The lowest BCUT2D eigenvalue weighted by molar-refractivity contribution is 0.873. The molecule has 1 heterocycles. The predicted octanol–water partition coefficient (Wildman–Crippen LogP) is 3.41. The van der Waals surface area contributed by atoms with Crippen LogP contribution in [0.25, 0.3) is 16.8 Å². The Morgan fingerprint density at radius 2 is 1.53 bits per heavy atom. The van der Waals surface area contributed by atoms with Crippen LogP contribution < -0.4 is 0 Å². The van der Waals surface area contributed by atoms with Gasteiger partial charge in [-0.25, -0.2) is 4.68 Å². The number of nitrogens with zero attached hydrogens (tertiary/aromatic N) is 3. The molecular formula is C16H11N3. The van der Waals surface area contributed by atoms with Crippen LogP contribution in [0.3, 0.4) is 0 Å². The molecule has 0 saturated heterocycles. The van der Waals surface area contributed by atoms with Crippen molar-refractivity contribution in [3.05, 3.63) is 72.6 Å². The molecule has 3 nitrogen and oxygen atoms in total. The van der Waals surface area contributed by atoms with Gasteiger partial charge in [0.15, 0.2) is 5.69 Å². The zero-order chi connectivity index (χ0) is 13.1. The third-order valence-electron chi connectivity index (χ3n) is 2.94. The molecule has 19 heavy (non-hydrogen) atoms. The van der Waals surface area contributed by atoms with Gasteiger partial charge in [0.2, 0.25) is 0 Å². The zero-order valence-electron chi connectivity index (χ0n) is 10.2. The van der Waals surface area contributed by atoms with E-state index >= 15 is 0 Å². The van der Waals surface area contributed by atoms with Crippen LogP contribution in [0.15, 0.2) is 66.9 Å². The third-order valence-corrected chi connectivity index (χ3v) is 2.94. The van der Waals surface area contributed by atoms with Crippen molar-refractivity contribution in [1.82, 2.24) is 9.78 Å². The Morgan fingerprint density at radius 1 is 0.842 bits per heavy atom. The minimum absolute atomic E-state index is 0.423. The Bertz CT molecular complexity index is 719. The quantitative estimate of drug-likeness (QED) is 0.694. The van der Waals surface area contributed by atoms with Gasteiger partial charge in [-0.2, -0.15) is 10.4 Å². The average molecular weight is 245 g/mol. The van der Waals surface area contributed by atoms with E-state index in [0.29, 0.717) is 5.69 Å². The predicted molar refractivity (Wildman–Crippen MR) is 73.7 cm³/mol. The van der Waals surface area contributed by atoms with Crippen LogP contribution in [0.4, 0.5) is 0 Å². The molecular weight excluding hydrogens is 234 g/mol. The molecule has 0 aliphatic carbocycles. The third kappa shape index (κ3) is 2.24. The molecule has 0 bridgehead atoms. The summed E-state index contributed by atoms with van der Waals surface area (Å²) in [6, 6.07) is 22.0. The fourth-order valence-electron chi connectivity index (χ4n) is 1.96. The molecule has 90 valence electrons. The van der Waals surface area contributed by atoms with Crippen LogP contribution in [0.2, 0.25) is 0 Å². The van der Waals surface area contributed by atoms with Crippen molar-refractivity contribution in [1.29, 1.82) is 5.26 Å². The van der Waals surface area contributed by atoms with E-state index in [9.17, 15) is 0 Å². The highest BCUT2D eigenvalue weighted by Gasteiger charge is 2.01. The number of hydrogen-bond donors (Lipinski definition) is 0. The van der Waals surface area contributed by atoms with E-state index in [1.54, 1.807) is 16.9 Å². The van der Waals surface area contributed by atoms with Crippen LogP contribution in [-0.4, -0.2) is 9.78 Å². The number of hydrogen-bond acceptors (Lipinski definition) is 2. The van der Waals surface area contributed by atoms with Gasteiger partial charge >= 0.3 is 0 Å². The summed E-state index contributed by atoms with van der Waals surface area (Å²) in [7, 11) is 0. The summed E-state index contributed by atoms with van der Waals surface area (Å²) in [5.41, 5.74) is 3.72. The van der Waals surface area contributed by atoms with Crippen molar-refractivity contribution in [2.75, 3.05) is 0 Å². The highest BCUT2D eigenvalue weighted by Crippen LogP contribution is 2.20. The average Bonchev–Trinajstić information content (AvgIpc) is 2.97. The maximum absolute atomic E-state index is 8.76. The fraction of sp³-hybridized carbons (Fsp3) is 0. The lowest BCUT2D eigenvalue weighted by Gasteiger charge is -2.04. The van der Waals surface area contributed by atoms with E-state index in [1.807, 2.05) is 36.4 Å². The topological polar surface area (TPSA) is 41.6 Å². The molecule has 0 saturated carbocycles. The normalized spacial score (nSPS) is 10.1. The summed E-state index contributed by atoms with van der Waals surface area (Å²) < 4.78 is 1.70. The second-order valence-corrected chi connectivity index (χ2v) is 4.17. The summed E-state index contributed by atoms with van der Waals surface area (Å²) in [6.07, 6.45) is 1.79. The lowest BCUT2D eigenvalue weighted by Crippen LogP contribution is -1.94. The molecule has 0 atom stereocenters. The monoisotopic (exact) mass is 245 g/mol. The van der Waals surface area contributed by atoms with Gasteiger partial charge in [0.25, 0.3) is 0 Å². The fourth-order valence-corrected chi connectivity index (χ4v) is 1.96. The number of aromatic nitrogens is 2. The number of benzene rings is 2. The molecule has 3 aromatic rings. The zero-order valence-corrected chi connectivity index (χ0v) is 10.2. The first-order valence-electron chi connectivity index (χ1n) is 5.98. The molecule has 0 aliphatic heterocycles. The van der Waals surface area contributed by atoms with Gasteiger partial charge in [-0.15, -0.1) is 0 Å². The van der Waals surface area contributed by atoms with Crippen LogP contribution in [0, 0.1) is 11.3 Å². The maximum atomic E-state index is 8.76. The van der Waals surface area contributed by atoms with Gasteiger partial charge in [0.05, 0.1) is 5.69 Å². The Kier molecular flexibility index (Phi) is 2.83. The Morgan fingerprint density at radius 3 is 2.16 bits per heavy atom. The first kappa shape index (κ1) is 11.2. The van der Waals surface area contributed by atoms with Crippen LogP contribution in [-0.2, 0) is 0 Å². The second-order valence-electron chi connectivity index (χ2n) is 4.17. The van der Waals surface area contributed by atoms with Gasteiger partial charge < -0.3 is 0 Å². The van der Waals surface area contributed by atoms with Crippen molar-refractivity contribution < 1.29 is 0 Å². The maximum Gasteiger partial charge on any atom is 0.162 e. The number of rotatable bonds is 2. The summed E-state index contributed by atoms with van der Waals surface area (Å²) in [5.74, 6) is 0. The molecule has 0 amide bonds. The second kappa shape index (κ2) is 4.79. The summed E-state index contributed by atoms with van der Waals surface area (Å²) in [4.78, 5) is 0. The van der Waals surface area contributed by atoms with E-state index < -0.39 is 0 Å². The number of nitriles is 1. The van der Waals surface area contributed by atoms with Gasteiger partial charge in [-0.3, -0.25) is 0 Å². The highest BCUT2D eigenvalue weighted by molar-refractivity contribution is 5.64. The minimum atomic E-state index is 0.423. The summed E-state index contributed by atoms with van der Waals surface area (Å²) in [6.45, 7) is 0. The van der Waals surface area contributed by atoms with Crippen molar-refractivity contribution in [2.24, 2.45) is 0 Å². The molecule has 1 aromatic heterocycles. The molecule has 0 N–H and O–H groups in total. The molecule has 0 unspecified atom stereocenters. The van der Waals surface area contributed by atoms with E-state index in [4.69, 9.17) is 5.26 Å². The van der Waals surface area contributed by atoms with Crippen LogP contribution >= 0.6 is 0 Å². The molecule has 3 rings (SSSR count). The van der Waals surface area contributed by atoms with Gasteiger partial charge in [-0.05, 0) is 29.3 Å². The largest absolute Gasteiger partial charge is 0.240 e. The molecule has 2 aromatic carbocycles. The molecule has 0 spiro atoms. The Balaban J connectivity index is 1.93. The van der Waals surface area contributed by atoms with Crippen molar-refractivity contribution in [2.45, 2.75) is 0 Å². The van der Waals surface area contributed by atoms with Crippen molar-refractivity contribution in [3.8, 4) is 22.9 Å². The first-order chi connectivity index (χ1) is 9.36. The van der Waals surface area contributed by atoms with Crippen molar-refractivity contribution in [3.63, 3.8) is 0 Å². The van der Waals surface area contributed by atoms with E-state index in [0.717, 1.165) is 11.3 Å². The Hall–Kier alpha value is -2.86. The lowest BCUT2D eigenvalue weighted by atomic mass is 10.1. The van der Waals surface area contributed by atoms with Crippen LogP contribution in [0.1, 0.15) is 5.69 Å². The van der Waals surface area contributed by atoms with E-state index in [2.05, 4.69) is 29.4 Å². The first-order valence-corrected chi connectivity index (χ1v) is 5.98. The van der Waals surface area contributed by atoms with Crippen LogP contribution in [0.5, 0.6) is 0 Å². The Labute approximate surface area is 111 Å². The SMILES string of the molecule is N#Cc1ccn(-c2ccc(-c3ccccc3)cc2)n1. The molecule has 0 fully saturated rings. The van der Waals surface area contributed by atoms with Crippen molar-refractivity contribution >= 4 is 0 Å². The smallest absolute Gasteiger partial charge is 0.162 e. The standard InChI is InChI=1S/C16H11N3/c17-12-15-10-11-19(18-15)16-8-6-14(7-9-16)13-4-2-1-3-5-13/h1-11H. The van der Waals surface area contributed by atoms with Gasteiger partial charge in [0, 0.05) is 6.20 Å².